The van der Waals surface area contributed by atoms with E-state index in [9.17, 15) is 9.00 Å². The van der Waals surface area contributed by atoms with Gasteiger partial charge in [0.15, 0.2) is 0 Å². The van der Waals surface area contributed by atoms with Crippen LogP contribution >= 0.6 is 0 Å². The molecule has 1 aliphatic rings. The van der Waals surface area contributed by atoms with Gasteiger partial charge in [-0.1, -0.05) is 30.3 Å². The third kappa shape index (κ3) is 3.68. The van der Waals surface area contributed by atoms with E-state index in [1.807, 2.05) is 35.2 Å². The van der Waals surface area contributed by atoms with Crippen LogP contribution in [0, 0.1) is 0 Å². The average Bonchev–Trinajstić information content (AvgIpc) is 2.62. The van der Waals surface area contributed by atoms with Gasteiger partial charge in [-0.2, -0.15) is 0 Å². The van der Waals surface area contributed by atoms with E-state index in [0.29, 0.717) is 25.3 Å². The highest BCUT2D eigenvalue weighted by Gasteiger charge is 2.26. The van der Waals surface area contributed by atoms with Gasteiger partial charge in [0.05, 0.1) is 13.2 Å². The smallest absolute Gasteiger partial charge is 0.254 e. The molecule has 0 N–H and O–H groups in total. The molecule has 0 aliphatic carbocycles. The summed E-state index contributed by atoms with van der Waals surface area (Å²) in [5.74, 6) is -0.0114. The molecule has 2 atom stereocenters. The maximum absolute atomic E-state index is 12.7. The van der Waals surface area contributed by atoms with E-state index >= 15 is 0 Å². The Labute approximate surface area is 138 Å². The lowest BCUT2D eigenvalue weighted by molar-refractivity contribution is -0.0228. The van der Waals surface area contributed by atoms with Gasteiger partial charge in [0.2, 0.25) is 0 Å². The lowest BCUT2D eigenvalue weighted by Crippen LogP contribution is -2.42. The Bertz CT molecular complexity index is 700. The molecule has 3 rings (SSSR count). The molecule has 0 aromatic heterocycles. The zero-order valence-electron chi connectivity index (χ0n) is 13.0. The minimum atomic E-state index is -1.03. The van der Waals surface area contributed by atoms with Crippen LogP contribution in [-0.2, 0) is 15.5 Å². The van der Waals surface area contributed by atoms with Gasteiger partial charge < -0.3 is 9.64 Å². The van der Waals surface area contributed by atoms with E-state index in [4.69, 9.17) is 4.74 Å². The van der Waals surface area contributed by atoms with E-state index in [1.165, 1.54) is 0 Å². The van der Waals surface area contributed by atoms with E-state index in [2.05, 4.69) is 0 Å². The van der Waals surface area contributed by atoms with E-state index < -0.39 is 10.8 Å². The Morgan fingerprint density at radius 3 is 2.48 bits per heavy atom. The molecular formula is C18H19NO3S. The summed E-state index contributed by atoms with van der Waals surface area (Å²) in [7, 11) is -1.03. The van der Waals surface area contributed by atoms with Gasteiger partial charge in [0.25, 0.3) is 5.91 Å². The van der Waals surface area contributed by atoms with Crippen LogP contribution < -0.4 is 0 Å². The van der Waals surface area contributed by atoms with Gasteiger partial charge in [-0.15, -0.1) is 0 Å². The second kappa shape index (κ2) is 7.06. The first-order valence-corrected chi connectivity index (χ1v) is 9.10. The summed E-state index contributed by atoms with van der Waals surface area (Å²) >= 11 is 0. The molecule has 5 heteroatoms. The van der Waals surface area contributed by atoms with Gasteiger partial charge >= 0.3 is 0 Å². The lowest BCUT2D eigenvalue weighted by Gasteiger charge is -2.33. The Hall–Kier alpha value is -1.98. The Balaban J connectivity index is 1.73. The van der Waals surface area contributed by atoms with Gasteiger partial charge in [0, 0.05) is 34.1 Å². The maximum Gasteiger partial charge on any atom is 0.254 e. The first-order valence-electron chi connectivity index (χ1n) is 7.54. The summed E-state index contributed by atoms with van der Waals surface area (Å²) < 4.78 is 17.2. The summed E-state index contributed by atoms with van der Waals surface area (Å²) in [6.45, 7) is 1.66. The molecule has 1 fully saturated rings. The molecule has 0 spiro atoms. The fourth-order valence-corrected chi connectivity index (χ4v) is 3.19. The van der Waals surface area contributed by atoms with Crippen molar-refractivity contribution >= 4 is 16.7 Å². The second-order valence-electron chi connectivity index (χ2n) is 5.50. The monoisotopic (exact) mass is 329 g/mol. The summed E-state index contributed by atoms with van der Waals surface area (Å²) in [6.07, 6.45) is 1.54. The molecule has 0 bridgehead atoms. The normalized spacial score (nSPS) is 19.3. The number of benzene rings is 2. The Kier molecular flexibility index (Phi) is 4.88. The molecule has 2 unspecified atom stereocenters. The van der Waals surface area contributed by atoms with Gasteiger partial charge in [-0.05, 0) is 29.8 Å². The molecule has 4 nitrogen and oxygen atoms in total. The number of carbonyl (C=O) groups excluding carboxylic acids is 1. The average molecular weight is 329 g/mol. The zero-order chi connectivity index (χ0) is 16.2. The van der Waals surface area contributed by atoms with Crippen molar-refractivity contribution in [3.8, 4) is 0 Å². The number of rotatable bonds is 3. The van der Waals surface area contributed by atoms with Crippen LogP contribution in [0.25, 0.3) is 0 Å². The quantitative estimate of drug-likeness (QED) is 0.870. The number of carbonyl (C=O) groups is 1. The minimum Gasteiger partial charge on any atom is -0.370 e. The first-order chi connectivity index (χ1) is 11.1. The highest BCUT2D eigenvalue weighted by atomic mass is 32.2. The van der Waals surface area contributed by atoms with Crippen molar-refractivity contribution in [3.63, 3.8) is 0 Å². The maximum atomic E-state index is 12.7. The summed E-state index contributed by atoms with van der Waals surface area (Å²) in [6, 6.07) is 16.9. The SMILES string of the molecule is CS(=O)c1ccc(C(=O)N2CCOC(c3ccccc3)C2)cc1. The first kappa shape index (κ1) is 15.9. The summed E-state index contributed by atoms with van der Waals surface area (Å²) in [5.41, 5.74) is 1.70. The van der Waals surface area contributed by atoms with Crippen LogP contribution in [0.4, 0.5) is 0 Å². The van der Waals surface area contributed by atoms with Crippen molar-refractivity contribution in [1.29, 1.82) is 0 Å². The minimum absolute atomic E-state index is 0.0114. The molecule has 23 heavy (non-hydrogen) atoms. The summed E-state index contributed by atoms with van der Waals surface area (Å²) in [5, 5.41) is 0. The largest absolute Gasteiger partial charge is 0.370 e. The van der Waals surface area contributed by atoms with Crippen LogP contribution in [0.3, 0.4) is 0 Å². The molecular weight excluding hydrogens is 310 g/mol. The fourth-order valence-electron chi connectivity index (χ4n) is 2.67. The summed E-state index contributed by atoms with van der Waals surface area (Å²) in [4.78, 5) is 15.2. The van der Waals surface area contributed by atoms with Crippen molar-refractivity contribution in [2.75, 3.05) is 26.0 Å². The van der Waals surface area contributed by atoms with Crippen molar-refractivity contribution in [1.82, 2.24) is 4.90 Å². The van der Waals surface area contributed by atoms with Crippen molar-refractivity contribution in [2.45, 2.75) is 11.0 Å². The number of ether oxygens (including phenoxy) is 1. The zero-order valence-corrected chi connectivity index (χ0v) is 13.8. The molecule has 2 aromatic carbocycles. The van der Waals surface area contributed by atoms with E-state index in [1.54, 1.807) is 30.5 Å². The molecule has 1 aliphatic heterocycles. The van der Waals surface area contributed by atoms with Crippen LogP contribution in [0.1, 0.15) is 22.0 Å². The molecule has 1 amide bonds. The number of morpholine rings is 1. The highest BCUT2D eigenvalue weighted by molar-refractivity contribution is 7.84. The van der Waals surface area contributed by atoms with Crippen LogP contribution in [-0.4, -0.2) is 41.0 Å². The lowest BCUT2D eigenvalue weighted by atomic mass is 10.1. The second-order valence-corrected chi connectivity index (χ2v) is 6.88. The predicted molar refractivity (Wildman–Crippen MR) is 89.8 cm³/mol. The third-order valence-electron chi connectivity index (χ3n) is 3.96. The topological polar surface area (TPSA) is 46.6 Å². The van der Waals surface area contributed by atoms with Crippen molar-refractivity contribution < 1.29 is 13.7 Å². The predicted octanol–water partition coefficient (Wildman–Crippen LogP) is 2.64. The van der Waals surface area contributed by atoms with Gasteiger partial charge in [-0.25, -0.2) is 0 Å². The molecule has 120 valence electrons. The molecule has 1 heterocycles. The van der Waals surface area contributed by atoms with Crippen LogP contribution in [0.5, 0.6) is 0 Å². The molecule has 0 saturated carbocycles. The fraction of sp³-hybridized carbons (Fsp3) is 0.278. The number of hydrogen-bond donors (Lipinski definition) is 0. The van der Waals surface area contributed by atoms with Gasteiger partial charge in [0.1, 0.15) is 6.10 Å². The Morgan fingerprint density at radius 1 is 1.13 bits per heavy atom. The van der Waals surface area contributed by atoms with E-state index in [-0.39, 0.29) is 12.0 Å². The van der Waals surface area contributed by atoms with Crippen molar-refractivity contribution in [3.05, 3.63) is 65.7 Å². The molecule has 0 radical (unpaired) electrons. The number of amides is 1. The standard InChI is InChI=1S/C18H19NO3S/c1-23(21)16-9-7-15(8-10-16)18(20)19-11-12-22-17(13-19)14-5-3-2-4-6-14/h2-10,17H,11-13H2,1H3. The number of hydrogen-bond acceptors (Lipinski definition) is 3. The highest BCUT2D eigenvalue weighted by Crippen LogP contribution is 2.23. The van der Waals surface area contributed by atoms with Gasteiger partial charge in [-0.3, -0.25) is 9.00 Å². The molecule has 2 aromatic rings. The molecule has 1 saturated heterocycles. The van der Waals surface area contributed by atoms with E-state index in [0.717, 1.165) is 10.5 Å². The van der Waals surface area contributed by atoms with Crippen LogP contribution in [0.15, 0.2) is 59.5 Å². The van der Waals surface area contributed by atoms with Crippen LogP contribution in [0.2, 0.25) is 0 Å². The number of nitrogens with zero attached hydrogens (tertiary/aromatic N) is 1. The van der Waals surface area contributed by atoms with Crippen molar-refractivity contribution in [2.24, 2.45) is 0 Å². The third-order valence-corrected chi connectivity index (χ3v) is 4.89. The Morgan fingerprint density at radius 2 is 1.83 bits per heavy atom.